The van der Waals surface area contributed by atoms with E-state index in [1.807, 2.05) is 0 Å². The number of benzene rings is 1. The molecular formula is C16H21NO4S. The van der Waals surface area contributed by atoms with Gasteiger partial charge >= 0.3 is 0 Å². The summed E-state index contributed by atoms with van der Waals surface area (Å²) in [4.78, 5) is 12.0. The van der Waals surface area contributed by atoms with Gasteiger partial charge in [-0.25, -0.2) is 8.42 Å². The van der Waals surface area contributed by atoms with Crippen LogP contribution in [0.15, 0.2) is 24.3 Å². The van der Waals surface area contributed by atoms with E-state index < -0.39 is 9.84 Å². The largest absolute Gasteiger partial charge is 0.493 e. The van der Waals surface area contributed by atoms with Crippen LogP contribution in [0.25, 0.3) is 0 Å². The maximum Gasteiger partial charge on any atom is 0.251 e. The van der Waals surface area contributed by atoms with E-state index in [2.05, 4.69) is 5.32 Å². The summed E-state index contributed by atoms with van der Waals surface area (Å²) in [6.45, 7) is 1.17. The van der Waals surface area contributed by atoms with Crippen LogP contribution in [-0.4, -0.2) is 39.0 Å². The van der Waals surface area contributed by atoms with Gasteiger partial charge in [-0.15, -0.1) is 0 Å². The lowest BCUT2D eigenvalue weighted by molar-refractivity contribution is 0.0948. The van der Waals surface area contributed by atoms with E-state index in [0.717, 1.165) is 12.4 Å². The molecule has 1 aliphatic carbocycles. The lowest BCUT2D eigenvalue weighted by Gasteiger charge is -2.10. The van der Waals surface area contributed by atoms with Crippen LogP contribution < -0.4 is 10.1 Å². The fourth-order valence-corrected chi connectivity index (χ4v) is 4.44. The van der Waals surface area contributed by atoms with Crippen molar-refractivity contribution in [2.75, 3.05) is 24.7 Å². The number of nitrogens with one attached hydrogen (secondary N) is 1. The Kier molecular flexibility index (Phi) is 4.38. The Morgan fingerprint density at radius 1 is 1.14 bits per heavy atom. The van der Waals surface area contributed by atoms with Crippen LogP contribution in [0, 0.1) is 11.8 Å². The number of ether oxygens (including phenoxy) is 1. The lowest BCUT2D eigenvalue weighted by Crippen LogP contribution is -2.29. The van der Waals surface area contributed by atoms with E-state index in [9.17, 15) is 13.2 Å². The summed E-state index contributed by atoms with van der Waals surface area (Å²) in [7, 11) is -2.89. The van der Waals surface area contributed by atoms with E-state index in [1.54, 1.807) is 24.3 Å². The maximum absolute atomic E-state index is 12.0. The van der Waals surface area contributed by atoms with Crippen molar-refractivity contribution in [3.63, 3.8) is 0 Å². The number of carbonyl (C=O) groups is 1. The molecule has 5 nitrogen and oxygen atoms in total. The van der Waals surface area contributed by atoms with Gasteiger partial charge in [-0.3, -0.25) is 4.79 Å². The Bertz CT molecular complexity index is 635. The normalized spacial score (nSPS) is 23.2. The number of carbonyl (C=O) groups excluding carboxylic acids is 1. The second-order valence-electron chi connectivity index (χ2n) is 6.26. The topological polar surface area (TPSA) is 72.5 Å². The Balaban J connectivity index is 1.47. The minimum absolute atomic E-state index is 0.0371. The predicted molar refractivity (Wildman–Crippen MR) is 83.8 cm³/mol. The molecule has 1 heterocycles. The van der Waals surface area contributed by atoms with Gasteiger partial charge in [0.15, 0.2) is 9.84 Å². The molecule has 1 aliphatic heterocycles. The van der Waals surface area contributed by atoms with Crippen LogP contribution >= 0.6 is 0 Å². The molecule has 1 unspecified atom stereocenters. The van der Waals surface area contributed by atoms with Crippen LogP contribution in [-0.2, 0) is 9.84 Å². The third-order valence-corrected chi connectivity index (χ3v) is 6.01. The Hall–Kier alpha value is -1.56. The number of hydrogen-bond donors (Lipinski definition) is 1. The van der Waals surface area contributed by atoms with Gasteiger partial charge in [0, 0.05) is 12.1 Å². The second-order valence-corrected chi connectivity index (χ2v) is 8.49. The van der Waals surface area contributed by atoms with Crippen LogP contribution in [0.5, 0.6) is 5.75 Å². The third kappa shape index (κ3) is 4.22. The Morgan fingerprint density at radius 2 is 1.86 bits per heavy atom. The molecule has 1 amide bonds. The highest BCUT2D eigenvalue weighted by molar-refractivity contribution is 7.91. The van der Waals surface area contributed by atoms with Crippen molar-refractivity contribution in [1.29, 1.82) is 0 Å². The molecular weight excluding hydrogens is 302 g/mol. The van der Waals surface area contributed by atoms with E-state index in [4.69, 9.17) is 4.74 Å². The summed E-state index contributed by atoms with van der Waals surface area (Å²) in [6, 6.07) is 7.08. The summed E-state index contributed by atoms with van der Waals surface area (Å²) >= 11 is 0. The molecule has 1 atom stereocenters. The fraction of sp³-hybridized carbons (Fsp3) is 0.562. The van der Waals surface area contributed by atoms with Gasteiger partial charge in [0.05, 0.1) is 18.1 Å². The molecule has 6 heteroatoms. The summed E-state index contributed by atoms with van der Waals surface area (Å²) < 4.78 is 28.4. The highest BCUT2D eigenvalue weighted by Crippen LogP contribution is 2.29. The molecule has 1 saturated carbocycles. The second kappa shape index (κ2) is 6.28. The molecule has 1 aromatic rings. The molecule has 1 saturated heterocycles. The summed E-state index contributed by atoms with van der Waals surface area (Å²) in [5.74, 6) is 1.77. The first kappa shape index (κ1) is 15.3. The van der Waals surface area contributed by atoms with Gasteiger partial charge in [-0.1, -0.05) is 0 Å². The van der Waals surface area contributed by atoms with E-state index in [-0.39, 0.29) is 23.3 Å². The number of rotatable bonds is 6. The SMILES string of the molecule is O=C(NCC1CCS(=O)(=O)C1)c1ccc(OCC2CC2)cc1. The highest BCUT2D eigenvalue weighted by atomic mass is 32.2. The zero-order valence-electron chi connectivity index (χ0n) is 12.5. The molecule has 0 aromatic heterocycles. The van der Waals surface area contributed by atoms with Gasteiger partial charge in [-0.2, -0.15) is 0 Å². The van der Waals surface area contributed by atoms with Gasteiger partial charge < -0.3 is 10.1 Å². The lowest BCUT2D eigenvalue weighted by atomic mass is 10.1. The zero-order valence-corrected chi connectivity index (χ0v) is 13.3. The van der Waals surface area contributed by atoms with Crippen molar-refractivity contribution in [1.82, 2.24) is 5.32 Å². The zero-order chi connectivity index (χ0) is 15.6. The molecule has 0 bridgehead atoms. The smallest absolute Gasteiger partial charge is 0.251 e. The van der Waals surface area contributed by atoms with Gasteiger partial charge in [0.1, 0.15) is 5.75 Å². The summed E-state index contributed by atoms with van der Waals surface area (Å²) in [6.07, 6.45) is 3.13. The monoisotopic (exact) mass is 323 g/mol. The minimum atomic E-state index is -2.89. The highest BCUT2D eigenvalue weighted by Gasteiger charge is 2.28. The van der Waals surface area contributed by atoms with Crippen LogP contribution in [0.2, 0.25) is 0 Å². The van der Waals surface area contributed by atoms with Crippen molar-refractivity contribution in [2.24, 2.45) is 11.8 Å². The quantitative estimate of drug-likeness (QED) is 0.864. The molecule has 2 aliphatic rings. The van der Waals surface area contributed by atoms with Crippen LogP contribution in [0.1, 0.15) is 29.6 Å². The predicted octanol–water partition coefficient (Wildman–Crippen LogP) is 1.64. The molecule has 2 fully saturated rings. The van der Waals surface area contributed by atoms with Crippen molar-refractivity contribution >= 4 is 15.7 Å². The number of sulfone groups is 1. The van der Waals surface area contributed by atoms with E-state index >= 15 is 0 Å². The van der Waals surface area contributed by atoms with Crippen molar-refractivity contribution in [2.45, 2.75) is 19.3 Å². The van der Waals surface area contributed by atoms with E-state index in [0.29, 0.717) is 24.4 Å². The fourth-order valence-electron chi connectivity index (χ4n) is 2.57. The Morgan fingerprint density at radius 3 is 2.45 bits per heavy atom. The number of hydrogen-bond acceptors (Lipinski definition) is 4. The molecule has 3 rings (SSSR count). The average Bonchev–Trinajstić information content (AvgIpc) is 3.26. The van der Waals surface area contributed by atoms with Crippen LogP contribution in [0.4, 0.5) is 0 Å². The molecule has 120 valence electrons. The molecule has 22 heavy (non-hydrogen) atoms. The first-order valence-corrected chi connectivity index (χ1v) is 9.55. The standard InChI is InChI=1S/C16H21NO4S/c18-16(17-9-13-7-8-22(19,20)11-13)14-3-5-15(6-4-14)21-10-12-1-2-12/h3-6,12-13H,1-2,7-11H2,(H,17,18). The van der Waals surface area contributed by atoms with Crippen molar-refractivity contribution in [3.05, 3.63) is 29.8 Å². The average molecular weight is 323 g/mol. The third-order valence-electron chi connectivity index (χ3n) is 4.18. The van der Waals surface area contributed by atoms with Gasteiger partial charge in [-0.05, 0) is 55.4 Å². The van der Waals surface area contributed by atoms with Crippen molar-refractivity contribution < 1.29 is 17.9 Å². The van der Waals surface area contributed by atoms with Crippen molar-refractivity contribution in [3.8, 4) is 5.75 Å². The van der Waals surface area contributed by atoms with Gasteiger partial charge in [0.2, 0.25) is 0 Å². The molecule has 0 spiro atoms. The Labute approximate surface area is 131 Å². The van der Waals surface area contributed by atoms with Gasteiger partial charge in [0.25, 0.3) is 5.91 Å². The van der Waals surface area contributed by atoms with E-state index in [1.165, 1.54) is 12.8 Å². The first-order valence-electron chi connectivity index (χ1n) is 7.73. The minimum Gasteiger partial charge on any atom is -0.493 e. The molecule has 1 aromatic carbocycles. The number of amides is 1. The summed E-state index contributed by atoms with van der Waals surface area (Å²) in [5, 5.41) is 2.81. The molecule has 1 N–H and O–H groups in total. The molecule has 0 radical (unpaired) electrons. The first-order chi connectivity index (χ1) is 10.5. The maximum atomic E-state index is 12.0. The summed E-state index contributed by atoms with van der Waals surface area (Å²) in [5.41, 5.74) is 0.569. The van der Waals surface area contributed by atoms with Crippen LogP contribution in [0.3, 0.4) is 0 Å².